The average Bonchev–Trinajstić information content (AvgIpc) is 2.82. The molecule has 0 amide bonds. The second kappa shape index (κ2) is 6.08. The smallest absolute Gasteiger partial charge is 0.0703 e. The van der Waals surface area contributed by atoms with E-state index in [1.807, 2.05) is 35.0 Å². The van der Waals surface area contributed by atoms with Gasteiger partial charge in [0.15, 0.2) is 0 Å². The molecule has 2 aromatic carbocycles. The number of aryl methyl sites for hydroxylation is 1. The Morgan fingerprint density at radius 1 is 1.00 bits per heavy atom. The normalized spacial score (nSPS) is 11.2. The van der Waals surface area contributed by atoms with E-state index < -0.39 is 0 Å². The van der Waals surface area contributed by atoms with E-state index in [4.69, 9.17) is 28.3 Å². The third-order valence-corrected chi connectivity index (χ3v) is 4.23. The van der Waals surface area contributed by atoms with Crippen molar-refractivity contribution in [1.29, 1.82) is 0 Å². The van der Waals surface area contributed by atoms with Crippen LogP contribution in [0.1, 0.15) is 17.7 Å². The molecule has 0 spiro atoms. The molecule has 0 aliphatic carbocycles. The first-order chi connectivity index (χ1) is 10.2. The van der Waals surface area contributed by atoms with E-state index in [1.54, 1.807) is 0 Å². The van der Waals surface area contributed by atoms with Gasteiger partial charge in [-0.1, -0.05) is 54.4 Å². The predicted octanol–water partition coefficient (Wildman–Crippen LogP) is 5.16. The number of halogens is 2. The van der Waals surface area contributed by atoms with Gasteiger partial charge >= 0.3 is 0 Å². The Labute approximate surface area is 134 Å². The summed E-state index contributed by atoms with van der Waals surface area (Å²) in [6.45, 7) is 4.48. The van der Waals surface area contributed by atoms with Crippen molar-refractivity contribution in [3.05, 3.63) is 70.7 Å². The SMILES string of the molecule is [CH2]CCc1nn(Cc2c(Cl)cccc2Cl)c2ccccc12. The molecule has 0 unspecified atom stereocenters. The quantitative estimate of drug-likeness (QED) is 0.650. The minimum absolute atomic E-state index is 0.566. The molecule has 3 aromatic rings. The molecular weight excluding hydrogens is 303 g/mol. The summed E-state index contributed by atoms with van der Waals surface area (Å²) in [7, 11) is 0. The van der Waals surface area contributed by atoms with Crippen LogP contribution in [0.25, 0.3) is 10.9 Å². The van der Waals surface area contributed by atoms with Crippen LogP contribution in [0.2, 0.25) is 10.0 Å². The Hall–Kier alpha value is -1.51. The van der Waals surface area contributed by atoms with Crippen LogP contribution in [0.15, 0.2) is 42.5 Å². The van der Waals surface area contributed by atoms with Crippen molar-refractivity contribution in [3.8, 4) is 0 Å². The van der Waals surface area contributed by atoms with E-state index in [-0.39, 0.29) is 0 Å². The van der Waals surface area contributed by atoms with Gasteiger partial charge in [0.2, 0.25) is 0 Å². The highest BCUT2D eigenvalue weighted by molar-refractivity contribution is 6.36. The Kier molecular flexibility index (Phi) is 4.18. The number of aromatic nitrogens is 2. The highest BCUT2D eigenvalue weighted by atomic mass is 35.5. The zero-order chi connectivity index (χ0) is 14.8. The van der Waals surface area contributed by atoms with Gasteiger partial charge in [-0.3, -0.25) is 4.68 Å². The molecule has 0 N–H and O–H groups in total. The number of hydrogen-bond acceptors (Lipinski definition) is 1. The number of fused-ring (bicyclic) bond motifs is 1. The minimum Gasteiger partial charge on any atom is -0.260 e. The van der Waals surface area contributed by atoms with Gasteiger partial charge in [-0.2, -0.15) is 5.10 Å². The van der Waals surface area contributed by atoms with Crippen LogP contribution < -0.4 is 0 Å². The predicted molar refractivity (Wildman–Crippen MR) is 89.0 cm³/mol. The average molecular weight is 318 g/mol. The largest absolute Gasteiger partial charge is 0.260 e. The Balaban J connectivity index is 2.09. The molecule has 0 aliphatic heterocycles. The van der Waals surface area contributed by atoms with Crippen LogP contribution in [0.5, 0.6) is 0 Å². The molecule has 0 bridgehead atoms. The van der Waals surface area contributed by atoms with Gasteiger partial charge < -0.3 is 0 Å². The summed E-state index contributed by atoms with van der Waals surface area (Å²) >= 11 is 12.5. The fourth-order valence-electron chi connectivity index (χ4n) is 2.50. The van der Waals surface area contributed by atoms with Gasteiger partial charge in [0.05, 0.1) is 17.8 Å². The van der Waals surface area contributed by atoms with E-state index in [9.17, 15) is 0 Å². The van der Waals surface area contributed by atoms with Gasteiger partial charge in [0.1, 0.15) is 0 Å². The van der Waals surface area contributed by atoms with Crippen LogP contribution in [0, 0.1) is 6.92 Å². The topological polar surface area (TPSA) is 17.8 Å². The third kappa shape index (κ3) is 2.78. The lowest BCUT2D eigenvalue weighted by Crippen LogP contribution is -2.03. The van der Waals surface area contributed by atoms with Crippen LogP contribution >= 0.6 is 23.2 Å². The number of benzene rings is 2. The van der Waals surface area contributed by atoms with Gasteiger partial charge in [-0.25, -0.2) is 0 Å². The highest BCUT2D eigenvalue weighted by Gasteiger charge is 2.12. The highest BCUT2D eigenvalue weighted by Crippen LogP contribution is 2.27. The first-order valence-electron chi connectivity index (χ1n) is 6.87. The van der Waals surface area contributed by atoms with Crippen molar-refractivity contribution in [3.63, 3.8) is 0 Å². The standard InChI is InChI=1S/C17H15Cl2N2/c1-2-6-16-12-7-3-4-10-17(12)21(20-16)11-13-14(18)8-5-9-15(13)19/h3-5,7-10H,1-2,6,11H2. The van der Waals surface area contributed by atoms with E-state index >= 15 is 0 Å². The fraction of sp³-hybridized carbons (Fsp3) is 0.176. The number of rotatable bonds is 4. The monoisotopic (exact) mass is 317 g/mol. The summed E-state index contributed by atoms with van der Waals surface area (Å²) in [4.78, 5) is 0. The third-order valence-electron chi connectivity index (χ3n) is 3.52. The number of hydrogen-bond donors (Lipinski definition) is 0. The van der Waals surface area contributed by atoms with Gasteiger partial charge in [0.25, 0.3) is 0 Å². The zero-order valence-electron chi connectivity index (χ0n) is 11.5. The van der Waals surface area contributed by atoms with Crippen molar-refractivity contribution < 1.29 is 0 Å². The molecule has 4 heteroatoms. The fourth-order valence-corrected chi connectivity index (χ4v) is 3.02. The maximum Gasteiger partial charge on any atom is 0.0703 e. The van der Waals surface area contributed by atoms with Crippen molar-refractivity contribution in [1.82, 2.24) is 9.78 Å². The maximum atomic E-state index is 6.26. The lowest BCUT2D eigenvalue weighted by atomic mass is 10.1. The number of para-hydroxylation sites is 1. The van der Waals surface area contributed by atoms with Crippen molar-refractivity contribution >= 4 is 34.1 Å². The second-order valence-corrected chi connectivity index (χ2v) is 5.74. The first-order valence-corrected chi connectivity index (χ1v) is 7.63. The summed E-state index contributed by atoms with van der Waals surface area (Å²) in [5.74, 6) is 0. The molecule has 2 nitrogen and oxygen atoms in total. The molecule has 21 heavy (non-hydrogen) atoms. The molecule has 0 aliphatic rings. The summed E-state index contributed by atoms with van der Waals surface area (Å²) in [5.41, 5.74) is 3.07. The zero-order valence-corrected chi connectivity index (χ0v) is 13.0. The van der Waals surface area contributed by atoms with E-state index in [0.29, 0.717) is 16.6 Å². The van der Waals surface area contributed by atoms with Crippen LogP contribution in [-0.2, 0) is 13.0 Å². The lowest BCUT2D eigenvalue weighted by Gasteiger charge is -2.08. The van der Waals surface area contributed by atoms with Gasteiger partial charge in [0, 0.05) is 21.0 Å². The van der Waals surface area contributed by atoms with Crippen molar-refractivity contribution in [2.75, 3.05) is 0 Å². The molecule has 0 saturated carbocycles. The van der Waals surface area contributed by atoms with Crippen LogP contribution in [0.3, 0.4) is 0 Å². The molecule has 107 valence electrons. The second-order valence-electron chi connectivity index (χ2n) is 4.93. The van der Waals surface area contributed by atoms with Crippen LogP contribution in [-0.4, -0.2) is 9.78 Å². The van der Waals surface area contributed by atoms with Crippen LogP contribution in [0.4, 0.5) is 0 Å². The van der Waals surface area contributed by atoms with Crippen molar-refractivity contribution in [2.24, 2.45) is 0 Å². The van der Waals surface area contributed by atoms with E-state index in [2.05, 4.69) is 19.1 Å². The number of nitrogens with zero attached hydrogens (tertiary/aromatic N) is 2. The molecule has 1 aromatic heterocycles. The Morgan fingerprint density at radius 2 is 1.71 bits per heavy atom. The Morgan fingerprint density at radius 3 is 2.43 bits per heavy atom. The first kappa shape index (κ1) is 14.4. The summed E-state index contributed by atoms with van der Waals surface area (Å²) in [6.07, 6.45) is 1.69. The molecule has 0 atom stereocenters. The summed E-state index contributed by atoms with van der Waals surface area (Å²) < 4.78 is 1.97. The minimum atomic E-state index is 0.566. The Bertz CT molecular complexity index is 757. The van der Waals surface area contributed by atoms with E-state index in [0.717, 1.165) is 29.6 Å². The molecule has 1 heterocycles. The van der Waals surface area contributed by atoms with Crippen molar-refractivity contribution in [2.45, 2.75) is 19.4 Å². The molecular formula is C17H15Cl2N2. The van der Waals surface area contributed by atoms with Gasteiger partial charge in [-0.05, 0) is 31.0 Å². The molecule has 1 radical (unpaired) electrons. The molecule has 3 rings (SSSR count). The van der Waals surface area contributed by atoms with E-state index in [1.165, 1.54) is 5.39 Å². The summed E-state index contributed by atoms with van der Waals surface area (Å²) in [6, 6.07) is 13.8. The summed E-state index contributed by atoms with van der Waals surface area (Å²) in [5, 5.41) is 7.22. The lowest BCUT2D eigenvalue weighted by molar-refractivity contribution is 0.692. The molecule has 0 fully saturated rings. The maximum absolute atomic E-state index is 6.26. The molecule has 0 saturated heterocycles. The van der Waals surface area contributed by atoms with Gasteiger partial charge in [-0.15, -0.1) is 0 Å².